The highest BCUT2D eigenvalue weighted by Gasteiger charge is 2.20. The van der Waals surface area contributed by atoms with Crippen LogP contribution in [0.4, 0.5) is 4.39 Å². The summed E-state index contributed by atoms with van der Waals surface area (Å²) in [5.41, 5.74) is 5.86. The number of carbonyl (C=O) groups is 1. The van der Waals surface area contributed by atoms with Gasteiger partial charge in [-0.15, -0.1) is 0 Å². The smallest absolute Gasteiger partial charge is 0.239 e. The van der Waals surface area contributed by atoms with Crippen LogP contribution < -0.4 is 11.1 Å². The molecule has 4 heteroatoms. The molecule has 0 radical (unpaired) electrons. The first-order valence-corrected chi connectivity index (χ1v) is 5.71. The molecule has 0 aliphatic heterocycles. The van der Waals surface area contributed by atoms with Crippen LogP contribution in [-0.2, 0) is 11.2 Å². The first-order valence-electron chi connectivity index (χ1n) is 5.71. The van der Waals surface area contributed by atoms with Crippen LogP contribution in [-0.4, -0.2) is 18.0 Å². The quantitative estimate of drug-likeness (QED) is 0.766. The fraction of sp³-hybridized carbons (Fsp3) is 0.462. The van der Waals surface area contributed by atoms with E-state index in [9.17, 15) is 9.18 Å². The maximum Gasteiger partial charge on any atom is 0.239 e. The van der Waals surface area contributed by atoms with Gasteiger partial charge in [0.15, 0.2) is 0 Å². The van der Waals surface area contributed by atoms with Gasteiger partial charge in [-0.05, 0) is 44.4 Å². The van der Waals surface area contributed by atoms with Crippen LogP contribution in [0, 0.1) is 5.82 Å². The number of halogens is 1. The Morgan fingerprint density at radius 3 is 2.47 bits per heavy atom. The molecule has 0 spiro atoms. The van der Waals surface area contributed by atoms with Crippen LogP contribution in [0.2, 0.25) is 0 Å². The van der Waals surface area contributed by atoms with Gasteiger partial charge < -0.3 is 11.1 Å². The second-order valence-electron chi connectivity index (χ2n) is 4.71. The molecular formula is C13H19FN2O. The summed E-state index contributed by atoms with van der Waals surface area (Å²) < 4.78 is 12.6. The van der Waals surface area contributed by atoms with E-state index in [0.717, 1.165) is 18.4 Å². The highest BCUT2D eigenvalue weighted by Crippen LogP contribution is 2.05. The first-order chi connectivity index (χ1) is 7.89. The number of aryl methyl sites for hydroxylation is 1. The van der Waals surface area contributed by atoms with Crippen molar-refractivity contribution < 1.29 is 9.18 Å². The van der Waals surface area contributed by atoms with E-state index in [2.05, 4.69) is 5.32 Å². The summed E-state index contributed by atoms with van der Waals surface area (Å²) in [6, 6.07) is 6.39. The SMILES string of the molecule is CC(C)(N)C(=O)NCCCc1ccc(F)cc1. The molecule has 0 bridgehead atoms. The molecule has 0 aliphatic rings. The minimum Gasteiger partial charge on any atom is -0.355 e. The Morgan fingerprint density at radius 2 is 1.94 bits per heavy atom. The molecule has 0 heterocycles. The standard InChI is InChI=1S/C13H19FN2O/c1-13(2,15)12(17)16-9-3-4-10-5-7-11(14)8-6-10/h5-8H,3-4,9,15H2,1-2H3,(H,16,17). The van der Waals surface area contributed by atoms with Crippen molar-refractivity contribution in [3.05, 3.63) is 35.6 Å². The molecule has 1 amide bonds. The van der Waals surface area contributed by atoms with E-state index in [1.807, 2.05) is 0 Å². The average Bonchev–Trinajstić information content (AvgIpc) is 2.25. The van der Waals surface area contributed by atoms with Gasteiger partial charge in [-0.2, -0.15) is 0 Å². The lowest BCUT2D eigenvalue weighted by atomic mass is 10.1. The Bertz CT molecular complexity index is 368. The largest absolute Gasteiger partial charge is 0.355 e. The molecule has 0 aromatic heterocycles. The minimum absolute atomic E-state index is 0.156. The number of hydrogen-bond donors (Lipinski definition) is 2. The second kappa shape index (κ2) is 5.77. The number of carbonyl (C=O) groups excluding carboxylic acids is 1. The van der Waals surface area contributed by atoms with Gasteiger partial charge in [0.2, 0.25) is 5.91 Å². The van der Waals surface area contributed by atoms with Crippen LogP contribution in [0.5, 0.6) is 0 Å². The zero-order valence-corrected chi connectivity index (χ0v) is 10.3. The molecule has 1 rings (SSSR count). The Balaban J connectivity index is 2.25. The molecule has 0 saturated heterocycles. The van der Waals surface area contributed by atoms with Gasteiger partial charge in [0.05, 0.1) is 5.54 Å². The predicted octanol–water partition coefficient (Wildman–Crippen LogP) is 1.61. The van der Waals surface area contributed by atoms with Gasteiger partial charge >= 0.3 is 0 Å². The third-order valence-corrected chi connectivity index (χ3v) is 2.43. The molecule has 3 nitrogen and oxygen atoms in total. The van der Waals surface area contributed by atoms with Crippen LogP contribution in [0.3, 0.4) is 0 Å². The van der Waals surface area contributed by atoms with E-state index in [1.54, 1.807) is 26.0 Å². The number of nitrogens with two attached hydrogens (primary N) is 1. The third kappa shape index (κ3) is 4.95. The predicted molar refractivity (Wildman–Crippen MR) is 66.0 cm³/mol. The Labute approximate surface area is 101 Å². The van der Waals surface area contributed by atoms with E-state index < -0.39 is 5.54 Å². The lowest BCUT2D eigenvalue weighted by Gasteiger charge is -2.17. The van der Waals surface area contributed by atoms with Crippen molar-refractivity contribution in [2.75, 3.05) is 6.54 Å². The van der Waals surface area contributed by atoms with Gasteiger partial charge in [-0.1, -0.05) is 12.1 Å². The monoisotopic (exact) mass is 238 g/mol. The molecule has 94 valence electrons. The molecule has 0 fully saturated rings. The third-order valence-electron chi connectivity index (χ3n) is 2.43. The highest BCUT2D eigenvalue weighted by atomic mass is 19.1. The van der Waals surface area contributed by atoms with Gasteiger partial charge in [0, 0.05) is 6.54 Å². The summed E-state index contributed by atoms with van der Waals surface area (Å²) in [6.07, 6.45) is 1.62. The zero-order chi connectivity index (χ0) is 12.9. The summed E-state index contributed by atoms with van der Waals surface area (Å²) in [4.78, 5) is 11.4. The van der Waals surface area contributed by atoms with Crippen LogP contribution >= 0.6 is 0 Å². The van der Waals surface area contributed by atoms with Crippen molar-refractivity contribution in [1.29, 1.82) is 0 Å². The van der Waals surface area contributed by atoms with Crippen molar-refractivity contribution in [3.63, 3.8) is 0 Å². The normalized spacial score (nSPS) is 11.3. The van der Waals surface area contributed by atoms with E-state index in [4.69, 9.17) is 5.73 Å². The van der Waals surface area contributed by atoms with Crippen LogP contribution in [0.15, 0.2) is 24.3 Å². The van der Waals surface area contributed by atoms with Crippen molar-refractivity contribution in [2.45, 2.75) is 32.2 Å². The fourth-order valence-electron chi connectivity index (χ4n) is 1.37. The van der Waals surface area contributed by atoms with Crippen molar-refractivity contribution in [3.8, 4) is 0 Å². The van der Waals surface area contributed by atoms with Gasteiger partial charge in [0.25, 0.3) is 0 Å². The summed E-state index contributed by atoms with van der Waals surface area (Å²) in [7, 11) is 0. The Hall–Kier alpha value is -1.42. The maximum absolute atomic E-state index is 12.6. The second-order valence-corrected chi connectivity index (χ2v) is 4.71. The number of benzene rings is 1. The highest BCUT2D eigenvalue weighted by molar-refractivity contribution is 5.84. The summed E-state index contributed by atoms with van der Waals surface area (Å²) in [6.45, 7) is 3.92. The molecular weight excluding hydrogens is 219 g/mol. The first kappa shape index (κ1) is 13.6. The topological polar surface area (TPSA) is 55.1 Å². The lowest BCUT2D eigenvalue weighted by Crippen LogP contribution is -2.49. The molecule has 0 unspecified atom stereocenters. The number of rotatable bonds is 5. The minimum atomic E-state index is -0.837. The number of hydrogen-bond acceptors (Lipinski definition) is 2. The molecule has 17 heavy (non-hydrogen) atoms. The molecule has 3 N–H and O–H groups in total. The van der Waals surface area contributed by atoms with E-state index in [0.29, 0.717) is 6.54 Å². The van der Waals surface area contributed by atoms with Gasteiger partial charge in [0.1, 0.15) is 5.82 Å². The van der Waals surface area contributed by atoms with Crippen LogP contribution in [0.1, 0.15) is 25.8 Å². The van der Waals surface area contributed by atoms with E-state index >= 15 is 0 Å². The molecule has 1 aromatic rings. The number of nitrogens with one attached hydrogen (secondary N) is 1. The summed E-state index contributed by atoms with van der Waals surface area (Å²) in [5, 5.41) is 2.77. The van der Waals surface area contributed by atoms with Crippen LogP contribution in [0.25, 0.3) is 0 Å². The molecule has 0 atom stereocenters. The number of amides is 1. The van der Waals surface area contributed by atoms with E-state index in [1.165, 1.54) is 12.1 Å². The van der Waals surface area contributed by atoms with Crippen molar-refractivity contribution >= 4 is 5.91 Å². The van der Waals surface area contributed by atoms with Crippen molar-refractivity contribution in [1.82, 2.24) is 5.32 Å². The van der Waals surface area contributed by atoms with Gasteiger partial charge in [-0.3, -0.25) is 4.79 Å². The van der Waals surface area contributed by atoms with E-state index in [-0.39, 0.29) is 11.7 Å². The molecule has 0 aliphatic carbocycles. The molecule has 0 saturated carbocycles. The van der Waals surface area contributed by atoms with Crippen molar-refractivity contribution in [2.24, 2.45) is 5.73 Å². The average molecular weight is 238 g/mol. The summed E-state index contributed by atoms with van der Waals surface area (Å²) >= 11 is 0. The Kier molecular flexibility index (Phi) is 4.63. The Morgan fingerprint density at radius 1 is 1.35 bits per heavy atom. The zero-order valence-electron chi connectivity index (χ0n) is 10.3. The maximum atomic E-state index is 12.6. The molecule has 1 aromatic carbocycles. The fourth-order valence-corrected chi connectivity index (χ4v) is 1.37. The van der Waals surface area contributed by atoms with Gasteiger partial charge in [-0.25, -0.2) is 4.39 Å². The summed E-state index contributed by atoms with van der Waals surface area (Å²) in [5.74, 6) is -0.386. The lowest BCUT2D eigenvalue weighted by molar-refractivity contribution is -0.125.